The lowest BCUT2D eigenvalue weighted by molar-refractivity contribution is 0.311. The van der Waals surface area contributed by atoms with Gasteiger partial charge in [-0.25, -0.2) is 0 Å². The molecule has 0 saturated heterocycles. The molecule has 0 spiro atoms. The first kappa shape index (κ1) is 23.4. The van der Waals surface area contributed by atoms with Crippen LogP contribution < -0.4 is 29.9 Å². The fraction of sp³-hybridized carbons (Fsp3) is 0.280. The molecule has 0 aliphatic rings. The number of methoxy groups -OCH3 is 1. The van der Waals surface area contributed by atoms with Crippen LogP contribution in [0.2, 0.25) is 0 Å². The van der Waals surface area contributed by atoms with Gasteiger partial charge in [-0.3, -0.25) is 9.59 Å². The number of nitrogens with zero attached hydrogens (tertiary/aromatic N) is 3. The molecule has 176 valence electrons. The van der Waals surface area contributed by atoms with E-state index in [1.165, 1.54) is 4.52 Å². The van der Waals surface area contributed by atoms with Crippen LogP contribution in [0.15, 0.2) is 52.1 Å². The lowest BCUT2D eigenvalue weighted by Gasteiger charge is -2.09. The quantitative estimate of drug-likeness (QED) is 0.365. The van der Waals surface area contributed by atoms with Gasteiger partial charge in [0.2, 0.25) is 4.96 Å². The number of benzene rings is 2. The van der Waals surface area contributed by atoms with E-state index in [9.17, 15) is 9.59 Å². The van der Waals surface area contributed by atoms with Crippen LogP contribution in [0, 0.1) is 0 Å². The zero-order valence-corrected chi connectivity index (χ0v) is 20.1. The van der Waals surface area contributed by atoms with Gasteiger partial charge in [-0.05, 0) is 54.8 Å². The average Bonchev–Trinajstić information content (AvgIpc) is 3.13. The van der Waals surface area contributed by atoms with Crippen LogP contribution in [0.25, 0.3) is 11.0 Å². The van der Waals surface area contributed by atoms with Crippen molar-refractivity contribution in [3.8, 4) is 17.2 Å². The summed E-state index contributed by atoms with van der Waals surface area (Å²) in [6, 6.07) is 12.9. The molecule has 0 aliphatic carbocycles. The van der Waals surface area contributed by atoms with Crippen molar-refractivity contribution in [2.24, 2.45) is 0 Å². The summed E-state index contributed by atoms with van der Waals surface area (Å²) in [6.07, 6.45) is 2.92. The van der Waals surface area contributed by atoms with Gasteiger partial charge in [0, 0.05) is 6.42 Å². The van der Waals surface area contributed by atoms with E-state index in [1.807, 2.05) is 44.2 Å². The third kappa shape index (κ3) is 5.09. The normalized spacial score (nSPS) is 11.7. The van der Waals surface area contributed by atoms with Crippen LogP contribution in [0.1, 0.15) is 37.1 Å². The molecule has 2 aromatic heterocycles. The summed E-state index contributed by atoms with van der Waals surface area (Å²) in [5.41, 5.74) is 1.08. The molecule has 0 radical (unpaired) electrons. The minimum absolute atomic E-state index is 0.212. The molecule has 4 aromatic rings. The van der Waals surface area contributed by atoms with Crippen LogP contribution >= 0.6 is 11.3 Å². The van der Waals surface area contributed by atoms with Crippen molar-refractivity contribution in [1.29, 1.82) is 0 Å². The fourth-order valence-electron chi connectivity index (χ4n) is 3.37. The molecule has 0 fully saturated rings. The van der Waals surface area contributed by atoms with Crippen molar-refractivity contribution in [2.75, 3.05) is 20.3 Å². The first-order valence-corrected chi connectivity index (χ1v) is 11.8. The second-order valence-corrected chi connectivity index (χ2v) is 8.50. The van der Waals surface area contributed by atoms with Crippen LogP contribution in [-0.2, 0) is 6.42 Å². The SMILES string of the molecule is CCCOc1ccc(Cc2nn3c(=O)/c(=C\c4ccc(OCC)c(OC)c4)sc3nc2=O)cc1. The van der Waals surface area contributed by atoms with E-state index in [0.29, 0.717) is 29.2 Å². The van der Waals surface area contributed by atoms with Crippen LogP contribution in [0.5, 0.6) is 17.2 Å². The van der Waals surface area contributed by atoms with E-state index in [0.717, 1.165) is 34.6 Å². The van der Waals surface area contributed by atoms with Gasteiger partial charge in [0.1, 0.15) is 11.4 Å². The molecule has 0 atom stereocenters. The van der Waals surface area contributed by atoms with Gasteiger partial charge in [0.05, 0.1) is 24.9 Å². The number of hydrogen-bond acceptors (Lipinski definition) is 8. The van der Waals surface area contributed by atoms with E-state index in [2.05, 4.69) is 10.1 Å². The summed E-state index contributed by atoms with van der Waals surface area (Å²) in [5.74, 6) is 1.97. The largest absolute Gasteiger partial charge is 0.494 e. The Kier molecular flexibility index (Phi) is 7.22. The smallest absolute Gasteiger partial charge is 0.296 e. The summed E-state index contributed by atoms with van der Waals surface area (Å²) in [7, 11) is 1.56. The molecule has 0 saturated carbocycles. The predicted molar refractivity (Wildman–Crippen MR) is 131 cm³/mol. The summed E-state index contributed by atoms with van der Waals surface area (Å²) in [6.45, 7) is 5.11. The Hall–Kier alpha value is -3.72. The van der Waals surface area contributed by atoms with Crippen LogP contribution in [0.4, 0.5) is 0 Å². The van der Waals surface area contributed by atoms with Crippen molar-refractivity contribution in [3.05, 3.63) is 84.5 Å². The van der Waals surface area contributed by atoms with Crippen LogP contribution in [-0.4, -0.2) is 34.9 Å². The average molecular weight is 480 g/mol. The van der Waals surface area contributed by atoms with Gasteiger partial charge < -0.3 is 14.2 Å². The number of thiazole rings is 1. The Bertz CT molecular complexity index is 1460. The first-order chi connectivity index (χ1) is 16.5. The third-order valence-corrected chi connectivity index (χ3v) is 5.96. The van der Waals surface area contributed by atoms with E-state index < -0.39 is 5.56 Å². The predicted octanol–water partition coefficient (Wildman–Crippen LogP) is 2.85. The number of ether oxygens (including phenoxy) is 3. The molecular weight excluding hydrogens is 454 g/mol. The Morgan fingerprint density at radius 1 is 1.03 bits per heavy atom. The standard InChI is InChI=1S/C25H25N3O5S/c1-4-12-33-18-9-6-16(7-10-18)13-19-23(29)26-25-28(27-19)24(30)22(34-25)15-17-8-11-20(32-5-2)21(14-17)31-3/h6-11,14-15H,4-5,12-13H2,1-3H3/b22-15+. The second-order valence-electron chi connectivity index (χ2n) is 7.49. The van der Waals surface area contributed by atoms with E-state index in [4.69, 9.17) is 14.2 Å². The molecule has 4 rings (SSSR count). The maximum Gasteiger partial charge on any atom is 0.296 e. The minimum Gasteiger partial charge on any atom is -0.494 e. The minimum atomic E-state index is -0.443. The highest BCUT2D eigenvalue weighted by Gasteiger charge is 2.12. The van der Waals surface area contributed by atoms with E-state index in [-0.39, 0.29) is 22.6 Å². The van der Waals surface area contributed by atoms with Crippen LogP contribution in [0.3, 0.4) is 0 Å². The molecule has 9 heteroatoms. The van der Waals surface area contributed by atoms with Crippen molar-refractivity contribution in [2.45, 2.75) is 26.7 Å². The number of fused-ring (bicyclic) bond motifs is 1. The molecular formula is C25H25N3O5S. The topological polar surface area (TPSA) is 92.0 Å². The lowest BCUT2D eigenvalue weighted by Crippen LogP contribution is -2.28. The second kappa shape index (κ2) is 10.5. The van der Waals surface area contributed by atoms with Crippen molar-refractivity contribution in [3.63, 3.8) is 0 Å². The monoisotopic (exact) mass is 479 g/mol. The molecule has 0 unspecified atom stereocenters. The Morgan fingerprint density at radius 2 is 1.82 bits per heavy atom. The summed E-state index contributed by atoms with van der Waals surface area (Å²) < 4.78 is 18.1. The molecule has 2 heterocycles. The number of hydrogen-bond donors (Lipinski definition) is 0. The van der Waals surface area contributed by atoms with Crippen molar-refractivity contribution < 1.29 is 14.2 Å². The number of rotatable bonds is 9. The van der Waals surface area contributed by atoms with E-state index >= 15 is 0 Å². The highest BCUT2D eigenvalue weighted by atomic mass is 32.1. The lowest BCUT2D eigenvalue weighted by atomic mass is 10.1. The van der Waals surface area contributed by atoms with Gasteiger partial charge in [0.25, 0.3) is 11.1 Å². The van der Waals surface area contributed by atoms with Gasteiger partial charge in [0.15, 0.2) is 11.5 Å². The number of aromatic nitrogens is 3. The van der Waals surface area contributed by atoms with E-state index in [1.54, 1.807) is 25.3 Å². The highest BCUT2D eigenvalue weighted by Crippen LogP contribution is 2.28. The Morgan fingerprint density at radius 3 is 2.53 bits per heavy atom. The zero-order valence-electron chi connectivity index (χ0n) is 19.2. The fourth-order valence-corrected chi connectivity index (χ4v) is 4.27. The third-order valence-electron chi connectivity index (χ3n) is 5.00. The summed E-state index contributed by atoms with van der Waals surface area (Å²) >= 11 is 1.12. The zero-order chi connectivity index (χ0) is 24.1. The molecule has 8 nitrogen and oxygen atoms in total. The van der Waals surface area contributed by atoms with Crippen molar-refractivity contribution >= 4 is 22.4 Å². The molecule has 0 bridgehead atoms. The maximum atomic E-state index is 13.0. The Balaban J connectivity index is 1.66. The summed E-state index contributed by atoms with van der Waals surface area (Å²) in [5, 5.41) is 4.32. The molecule has 34 heavy (non-hydrogen) atoms. The molecule has 0 N–H and O–H groups in total. The molecule has 0 amide bonds. The van der Waals surface area contributed by atoms with Crippen molar-refractivity contribution in [1.82, 2.24) is 14.6 Å². The summed E-state index contributed by atoms with van der Waals surface area (Å²) in [4.78, 5) is 29.9. The first-order valence-electron chi connectivity index (χ1n) is 11.0. The van der Waals surface area contributed by atoms with Gasteiger partial charge >= 0.3 is 0 Å². The molecule has 2 aromatic carbocycles. The Labute approximate surface area is 200 Å². The van der Waals surface area contributed by atoms with Gasteiger partial charge in [-0.1, -0.05) is 36.5 Å². The highest BCUT2D eigenvalue weighted by molar-refractivity contribution is 7.15. The van der Waals surface area contributed by atoms with Gasteiger partial charge in [-0.2, -0.15) is 14.6 Å². The maximum absolute atomic E-state index is 13.0. The molecule has 0 aliphatic heterocycles. The van der Waals surface area contributed by atoms with Gasteiger partial charge in [-0.15, -0.1) is 0 Å².